The van der Waals surface area contributed by atoms with Gasteiger partial charge in [-0.2, -0.15) is 0 Å². The molecule has 7 nitrogen and oxygen atoms in total. The molecule has 1 amide bonds. The number of likely N-dealkylation sites (tertiary alicyclic amines) is 2. The fourth-order valence-corrected chi connectivity index (χ4v) is 6.02. The summed E-state index contributed by atoms with van der Waals surface area (Å²) in [6.07, 6.45) is 2.23. The first-order valence-electron chi connectivity index (χ1n) is 11.5. The molecule has 3 heterocycles. The quantitative estimate of drug-likeness (QED) is 0.411. The number of hydrogen-bond acceptors (Lipinski definition) is 6. The zero-order valence-electron chi connectivity index (χ0n) is 18.9. The third-order valence-electron chi connectivity index (χ3n) is 7.26. The van der Waals surface area contributed by atoms with Gasteiger partial charge >= 0.3 is 0 Å². The highest BCUT2D eigenvalue weighted by Gasteiger charge is 2.40. The molecule has 10 heteroatoms. The Kier molecular flexibility index (Phi) is 6.97. The van der Waals surface area contributed by atoms with Crippen LogP contribution < -0.4 is 15.7 Å². The van der Waals surface area contributed by atoms with Crippen molar-refractivity contribution < 1.29 is 10.0 Å². The van der Waals surface area contributed by atoms with Crippen LogP contribution in [0.2, 0.25) is 15.1 Å². The van der Waals surface area contributed by atoms with E-state index in [9.17, 15) is 4.79 Å². The number of rotatable bonds is 4. The molecule has 2 saturated heterocycles. The van der Waals surface area contributed by atoms with Gasteiger partial charge in [0.1, 0.15) is 0 Å². The van der Waals surface area contributed by atoms with Gasteiger partial charge in [0.05, 0.1) is 23.8 Å². The van der Waals surface area contributed by atoms with E-state index in [1.165, 1.54) is 0 Å². The van der Waals surface area contributed by atoms with E-state index in [0.29, 0.717) is 34.2 Å². The van der Waals surface area contributed by atoms with Crippen molar-refractivity contribution in [2.24, 2.45) is 5.92 Å². The first kappa shape index (κ1) is 24.1. The largest absolute Gasteiger partial charge is 0.361 e. The van der Waals surface area contributed by atoms with Crippen LogP contribution in [0.15, 0.2) is 30.3 Å². The lowest BCUT2D eigenvalue weighted by Gasteiger charge is -2.49. The average molecular weight is 525 g/mol. The van der Waals surface area contributed by atoms with Gasteiger partial charge in [0, 0.05) is 71.7 Å². The minimum atomic E-state index is -0.293. The maximum atomic E-state index is 11.7. The average Bonchev–Trinajstić information content (AvgIpc) is 2.80. The Hall–Kier alpha value is -1.58. The van der Waals surface area contributed by atoms with E-state index in [-0.39, 0.29) is 18.0 Å². The number of hydroxylamine groups is 1. The van der Waals surface area contributed by atoms with Crippen molar-refractivity contribution in [3.05, 3.63) is 51.0 Å². The predicted molar refractivity (Wildman–Crippen MR) is 136 cm³/mol. The Morgan fingerprint density at radius 1 is 1.06 bits per heavy atom. The highest BCUT2D eigenvalue weighted by Crippen LogP contribution is 2.42. The van der Waals surface area contributed by atoms with Crippen LogP contribution in [-0.4, -0.2) is 66.9 Å². The Bertz CT molecular complexity index is 1090. The van der Waals surface area contributed by atoms with Crippen molar-refractivity contribution in [3.63, 3.8) is 0 Å². The van der Waals surface area contributed by atoms with Crippen molar-refractivity contribution in [2.75, 3.05) is 44.8 Å². The normalized spacial score (nSPS) is 24.0. The fraction of sp³-hybridized carbons (Fsp3) is 0.458. The molecule has 2 aromatic carbocycles. The van der Waals surface area contributed by atoms with E-state index in [1.54, 1.807) is 17.6 Å². The maximum Gasteiger partial charge on any atom is 0.249 e. The molecule has 0 radical (unpaired) electrons. The number of anilines is 1. The Morgan fingerprint density at radius 3 is 2.59 bits per heavy atom. The molecule has 0 aromatic heterocycles. The lowest BCUT2D eigenvalue weighted by atomic mass is 9.92. The standard InChI is InChI=1S/C24H28Cl3N5O2/c1-30-13-28-23(31-6-2-3-16(12-31)32-10-14(11-32)24(33)29-34)19-8-18(21(27)9-22(19)30)17-7-15(25)4-5-20(17)26/h4-5,7-9,14,16,23,28,34H,2-3,6,10-13H2,1H3,(H,29,33). The SMILES string of the molecule is CN1CNC(N2CCCC(N3CC(C(=O)NO)C3)C2)c2cc(-c3cc(Cl)ccc3Cl)c(Cl)cc21. The first-order valence-corrected chi connectivity index (χ1v) is 12.6. The molecule has 3 aliphatic heterocycles. The van der Waals surface area contributed by atoms with Gasteiger partial charge in [-0.3, -0.25) is 25.1 Å². The van der Waals surface area contributed by atoms with Crippen molar-refractivity contribution in [3.8, 4) is 11.1 Å². The van der Waals surface area contributed by atoms with Crippen LogP contribution in [-0.2, 0) is 4.79 Å². The highest BCUT2D eigenvalue weighted by atomic mass is 35.5. The lowest BCUT2D eigenvalue weighted by Crippen LogP contribution is -2.61. The van der Waals surface area contributed by atoms with E-state index in [1.807, 2.05) is 12.1 Å². The molecule has 5 rings (SSSR count). The summed E-state index contributed by atoms with van der Waals surface area (Å²) in [6, 6.07) is 9.96. The minimum absolute atomic E-state index is 0.0424. The number of piperidine rings is 1. The summed E-state index contributed by atoms with van der Waals surface area (Å²) in [6.45, 7) is 3.99. The third kappa shape index (κ3) is 4.51. The fourth-order valence-electron chi connectivity index (χ4n) is 5.37. The Balaban J connectivity index is 1.42. The van der Waals surface area contributed by atoms with E-state index >= 15 is 0 Å². The maximum absolute atomic E-state index is 11.7. The summed E-state index contributed by atoms with van der Waals surface area (Å²) >= 11 is 19.5. The monoisotopic (exact) mass is 523 g/mol. The summed E-state index contributed by atoms with van der Waals surface area (Å²) in [4.78, 5) is 18.7. The smallest absolute Gasteiger partial charge is 0.249 e. The number of hydrogen-bond donors (Lipinski definition) is 3. The molecule has 0 saturated carbocycles. The van der Waals surface area contributed by atoms with Crippen LogP contribution in [0.1, 0.15) is 24.6 Å². The van der Waals surface area contributed by atoms with E-state index < -0.39 is 0 Å². The van der Waals surface area contributed by atoms with Crippen LogP contribution in [0.25, 0.3) is 11.1 Å². The molecule has 34 heavy (non-hydrogen) atoms. The molecule has 0 bridgehead atoms. The van der Waals surface area contributed by atoms with Gasteiger partial charge in [-0.1, -0.05) is 34.8 Å². The number of carbonyl (C=O) groups is 1. The molecule has 3 aliphatic rings. The van der Waals surface area contributed by atoms with Gasteiger partial charge < -0.3 is 4.90 Å². The number of carbonyl (C=O) groups excluding carboxylic acids is 1. The number of fused-ring (bicyclic) bond motifs is 1. The zero-order chi connectivity index (χ0) is 24.0. The summed E-state index contributed by atoms with van der Waals surface area (Å²) < 4.78 is 0. The van der Waals surface area contributed by atoms with E-state index in [4.69, 9.17) is 40.0 Å². The minimum Gasteiger partial charge on any atom is -0.361 e. The molecule has 0 aliphatic carbocycles. The van der Waals surface area contributed by atoms with Crippen LogP contribution in [0.3, 0.4) is 0 Å². The molecule has 2 unspecified atom stereocenters. The number of benzene rings is 2. The molecule has 182 valence electrons. The van der Waals surface area contributed by atoms with Crippen LogP contribution in [0.4, 0.5) is 5.69 Å². The first-order chi connectivity index (χ1) is 16.4. The predicted octanol–water partition coefficient (Wildman–Crippen LogP) is 4.21. The van der Waals surface area contributed by atoms with Gasteiger partial charge in [-0.25, -0.2) is 5.48 Å². The second-order valence-corrected chi connectivity index (χ2v) is 10.6. The molecule has 3 N–H and O–H groups in total. The molecule has 0 spiro atoms. The molecule has 2 aromatic rings. The van der Waals surface area contributed by atoms with Crippen molar-refractivity contribution in [1.29, 1.82) is 0 Å². The Morgan fingerprint density at radius 2 is 1.82 bits per heavy atom. The molecule has 2 fully saturated rings. The molecule has 2 atom stereocenters. The number of nitrogens with one attached hydrogen (secondary N) is 2. The van der Waals surface area contributed by atoms with Gasteiger partial charge in [0.15, 0.2) is 0 Å². The summed E-state index contributed by atoms with van der Waals surface area (Å²) in [5.41, 5.74) is 5.72. The van der Waals surface area contributed by atoms with Crippen LogP contribution >= 0.6 is 34.8 Å². The van der Waals surface area contributed by atoms with Crippen LogP contribution in [0, 0.1) is 5.92 Å². The third-order valence-corrected chi connectivity index (χ3v) is 8.14. The summed E-state index contributed by atoms with van der Waals surface area (Å²) in [5.74, 6) is -0.423. The van der Waals surface area contributed by atoms with Gasteiger partial charge in [0.25, 0.3) is 0 Å². The molecular weight excluding hydrogens is 497 g/mol. The van der Waals surface area contributed by atoms with Crippen molar-refractivity contribution in [1.82, 2.24) is 20.6 Å². The topological polar surface area (TPSA) is 71.1 Å². The van der Waals surface area contributed by atoms with Crippen LogP contribution in [0.5, 0.6) is 0 Å². The highest BCUT2D eigenvalue weighted by molar-refractivity contribution is 6.37. The second-order valence-electron chi connectivity index (χ2n) is 9.40. The zero-order valence-corrected chi connectivity index (χ0v) is 21.2. The van der Waals surface area contributed by atoms with E-state index in [0.717, 1.165) is 55.0 Å². The second kappa shape index (κ2) is 9.82. The summed E-state index contributed by atoms with van der Waals surface area (Å²) in [7, 11) is 2.05. The van der Waals surface area contributed by atoms with E-state index in [2.05, 4.69) is 33.1 Å². The lowest BCUT2D eigenvalue weighted by molar-refractivity contribution is -0.140. The number of halogens is 3. The summed E-state index contributed by atoms with van der Waals surface area (Å²) in [5, 5.41) is 14.4. The Labute approximate surface area is 214 Å². The number of amides is 1. The van der Waals surface area contributed by atoms with Crippen molar-refractivity contribution >= 4 is 46.4 Å². The van der Waals surface area contributed by atoms with Gasteiger partial charge in [-0.05, 0) is 43.2 Å². The van der Waals surface area contributed by atoms with Gasteiger partial charge in [-0.15, -0.1) is 0 Å². The van der Waals surface area contributed by atoms with Gasteiger partial charge in [0.2, 0.25) is 5.91 Å². The number of nitrogens with zero attached hydrogens (tertiary/aromatic N) is 3. The van der Waals surface area contributed by atoms with Crippen molar-refractivity contribution in [2.45, 2.75) is 25.0 Å². The molecular formula is C24H28Cl3N5O2.